The number of rotatable bonds is 2. The Bertz CT molecular complexity index is 705. The molecule has 0 aliphatic carbocycles. The Morgan fingerprint density at radius 1 is 1.39 bits per heavy atom. The molecule has 0 unspecified atom stereocenters. The Balaban J connectivity index is 1.93. The van der Waals surface area contributed by atoms with Crippen LogP contribution in [0.4, 0.5) is 5.95 Å². The number of halogens is 1. The molecule has 18 heavy (non-hydrogen) atoms. The Kier molecular flexibility index (Phi) is 2.41. The molecule has 1 amide bonds. The summed E-state index contributed by atoms with van der Waals surface area (Å²) in [6.45, 7) is 0. The van der Waals surface area contributed by atoms with Gasteiger partial charge in [0.05, 0.1) is 18.1 Å². The average molecular weight is 264 g/mol. The van der Waals surface area contributed by atoms with E-state index in [9.17, 15) is 4.79 Å². The van der Waals surface area contributed by atoms with Crippen LogP contribution in [0.3, 0.4) is 0 Å². The van der Waals surface area contributed by atoms with Crippen LogP contribution < -0.4 is 5.32 Å². The van der Waals surface area contributed by atoms with Gasteiger partial charge in [-0.1, -0.05) is 11.6 Å². The van der Waals surface area contributed by atoms with Gasteiger partial charge >= 0.3 is 0 Å². The third-order valence-corrected chi connectivity index (χ3v) is 2.50. The lowest BCUT2D eigenvalue weighted by molar-refractivity contribution is 0.102. The Hall–Kier alpha value is -2.48. The monoisotopic (exact) mass is 263 g/mol. The van der Waals surface area contributed by atoms with E-state index in [0.717, 1.165) is 0 Å². The highest BCUT2D eigenvalue weighted by Gasteiger charge is 2.12. The molecule has 3 aromatic heterocycles. The van der Waals surface area contributed by atoms with Crippen LogP contribution in [-0.2, 0) is 0 Å². The zero-order chi connectivity index (χ0) is 12.5. The van der Waals surface area contributed by atoms with Crippen LogP contribution in [0.2, 0.25) is 5.15 Å². The fourth-order valence-corrected chi connectivity index (χ4v) is 1.62. The van der Waals surface area contributed by atoms with Crippen molar-refractivity contribution in [2.45, 2.75) is 0 Å². The third kappa shape index (κ3) is 1.78. The molecule has 0 atom stereocenters. The van der Waals surface area contributed by atoms with Gasteiger partial charge in [-0.25, -0.2) is 4.98 Å². The molecule has 9 heteroatoms. The van der Waals surface area contributed by atoms with Gasteiger partial charge in [0.25, 0.3) is 5.91 Å². The number of hydrogen-bond donors (Lipinski definition) is 3. The molecule has 3 aromatic rings. The number of nitrogens with one attached hydrogen (secondary N) is 3. The van der Waals surface area contributed by atoms with Crippen LogP contribution in [-0.4, -0.2) is 36.0 Å². The van der Waals surface area contributed by atoms with Gasteiger partial charge in [-0.3, -0.25) is 15.2 Å². The highest BCUT2D eigenvalue weighted by molar-refractivity contribution is 6.33. The van der Waals surface area contributed by atoms with E-state index in [1.807, 2.05) is 0 Å². The van der Waals surface area contributed by atoms with Crippen LogP contribution >= 0.6 is 11.6 Å². The van der Waals surface area contributed by atoms with Gasteiger partial charge in [-0.15, -0.1) is 0 Å². The molecule has 0 saturated heterocycles. The quantitative estimate of drug-likeness (QED) is 0.597. The fraction of sp³-hybridized carbons (Fsp3) is 0. The second kappa shape index (κ2) is 4.08. The standard InChI is InChI=1S/C9H6ClN7O/c10-6-5-7(12-3-11-5)16-9(15-6)17-8(18)4-1-13-14-2-4/h1-3H,(H,13,14)(H2,11,12,15,16,17,18). The zero-order valence-electron chi connectivity index (χ0n) is 8.81. The predicted octanol–water partition coefficient (Wildman–Crippen LogP) is 0.982. The lowest BCUT2D eigenvalue weighted by Gasteiger charge is -2.01. The number of carbonyl (C=O) groups excluding carboxylic acids is 1. The van der Waals surface area contributed by atoms with Crippen LogP contribution in [0.15, 0.2) is 18.7 Å². The molecule has 8 nitrogen and oxygen atoms in total. The van der Waals surface area contributed by atoms with E-state index in [1.165, 1.54) is 18.7 Å². The van der Waals surface area contributed by atoms with Crippen molar-refractivity contribution in [3.63, 3.8) is 0 Å². The van der Waals surface area contributed by atoms with Crippen molar-refractivity contribution in [2.24, 2.45) is 0 Å². The smallest absolute Gasteiger partial charge is 0.261 e. The van der Waals surface area contributed by atoms with Crippen LogP contribution in [0.1, 0.15) is 10.4 Å². The predicted molar refractivity (Wildman–Crippen MR) is 63.2 cm³/mol. The van der Waals surface area contributed by atoms with Crippen molar-refractivity contribution in [1.82, 2.24) is 30.1 Å². The molecule has 3 rings (SSSR count). The summed E-state index contributed by atoms with van der Waals surface area (Å²) in [6, 6.07) is 0. The summed E-state index contributed by atoms with van der Waals surface area (Å²) in [4.78, 5) is 26.5. The van der Waals surface area contributed by atoms with E-state index in [2.05, 4.69) is 35.5 Å². The molecule has 0 aliphatic rings. The minimum Gasteiger partial charge on any atom is -0.341 e. The molecular weight excluding hydrogens is 258 g/mol. The topological polar surface area (TPSA) is 112 Å². The Labute approximate surface area is 105 Å². The SMILES string of the molecule is O=C(Nc1nc(Cl)c2[nH]cnc2n1)c1cn[nH]c1. The Morgan fingerprint density at radius 3 is 3.06 bits per heavy atom. The lowest BCUT2D eigenvalue weighted by atomic mass is 10.3. The van der Waals surface area contributed by atoms with Gasteiger partial charge in [0, 0.05) is 6.20 Å². The molecule has 0 spiro atoms. The molecule has 0 aromatic carbocycles. The minimum atomic E-state index is -0.380. The summed E-state index contributed by atoms with van der Waals surface area (Å²) in [5, 5.41) is 8.91. The van der Waals surface area contributed by atoms with E-state index < -0.39 is 0 Å². The number of amides is 1. The molecule has 0 saturated carbocycles. The van der Waals surface area contributed by atoms with Crippen LogP contribution in [0.25, 0.3) is 11.2 Å². The van der Waals surface area contributed by atoms with Crippen LogP contribution in [0, 0.1) is 0 Å². The molecule has 0 bridgehead atoms. The number of fused-ring (bicyclic) bond motifs is 1. The Morgan fingerprint density at radius 2 is 2.28 bits per heavy atom. The van der Waals surface area contributed by atoms with Crippen molar-refractivity contribution < 1.29 is 4.79 Å². The maximum Gasteiger partial charge on any atom is 0.261 e. The molecule has 3 N–H and O–H groups in total. The molecule has 0 aliphatic heterocycles. The summed E-state index contributed by atoms with van der Waals surface area (Å²) in [5.41, 5.74) is 1.28. The van der Waals surface area contributed by atoms with E-state index in [1.54, 1.807) is 0 Å². The van der Waals surface area contributed by atoms with Crippen molar-refractivity contribution >= 4 is 34.6 Å². The first kappa shape index (κ1) is 10.7. The second-order valence-corrected chi connectivity index (χ2v) is 3.74. The minimum absolute atomic E-state index is 0.0887. The molecule has 0 fully saturated rings. The van der Waals surface area contributed by atoms with E-state index in [0.29, 0.717) is 16.7 Å². The number of anilines is 1. The third-order valence-electron chi connectivity index (χ3n) is 2.23. The van der Waals surface area contributed by atoms with Crippen molar-refractivity contribution in [2.75, 3.05) is 5.32 Å². The first-order chi connectivity index (χ1) is 8.74. The summed E-state index contributed by atoms with van der Waals surface area (Å²) in [7, 11) is 0. The fourth-order valence-electron chi connectivity index (χ4n) is 1.40. The first-order valence-electron chi connectivity index (χ1n) is 4.91. The molecular formula is C9H6ClN7O. The molecule has 3 heterocycles. The maximum absolute atomic E-state index is 11.7. The number of aromatic amines is 2. The summed E-state index contributed by atoms with van der Waals surface area (Å²) >= 11 is 5.92. The maximum atomic E-state index is 11.7. The molecule has 0 radical (unpaired) electrons. The van der Waals surface area contributed by atoms with Gasteiger partial charge in [-0.05, 0) is 0 Å². The number of H-pyrrole nitrogens is 2. The second-order valence-electron chi connectivity index (χ2n) is 3.38. The van der Waals surface area contributed by atoms with Gasteiger partial charge < -0.3 is 4.98 Å². The summed E-state index contributed by atoms with van der Waals surface area (Å²) in [6.07, 6.45) is 4.31. The number of nitrogens with zero attached hydrogens (tertiary/aromatic N) is 4. The van der Waals surface area contributed by atoms with Gasteiger partial charge in [0.1, 0.15) is 5.52 Å². The lowest BCUT2D eigenvalue weighted by Crippen LogP contribution is -2.13. The highest BCUT2D eigenvalue weighted by atomic mass is 35.5. The van der Waals surface area contributed by atoms with Crippen LogP contribution in [0.5, 0.6) is 0 Å². The van der Waals surface area contributed by atoms with E-state index in [-0.39, 0.29) is 17.0 Å². The summed E-state index contributed by atoms with van der Waals surface area (Å²) < 4.78 is 0. The number of hydrogen-bond acceptors (Lipinski definition) is 5. The van der Waals surface area contributed by atoms with E-state index in [4.69, 9.17) is 11.6 Å². The highest BCUT2D eigenvalue weighted by Crippen LogP contribution is 2.18. The summed E-state index contributed by atoms with van der Waals surface area (Å²) in [5.74, 6) is -0.291. The van der Waals surface area contributed by atoms with Gasteiger partial charge in [0.15, 0.2) is 10.8 Å². The molecule has 90 valence electrons. The van der Waals surface area contributed by atoms with Crippen molar-refractivity contribution in [3.05, 3.63) is 29.4 Å². The van der Waals surface area contributed by atoms with E-state index >= 15 is 0 Å². The van der Waals surface area contributed by atoms with Crippen molar-refractivity contribution in [3.8, 4) is 0 Å². The number of carbonyl (C=O) groups is 1. The number of aromatic nitrogens is 6. The normalized spacial score (nSPS) is 10.7. The van der Waals surface area contributed by atoms with Crippen molar-refractivity contribution in [1.29, 1.82) is 0 Å². The number of imidazole rings is 1. The average Bonchev–Trinajstić information content (AvgIpc) is 2.99. The first-order valence-corrected chi connectivity index (χ1v) is 5.28. The zero-order valence-corrected chi connectivity index (χ0v) is 9.56. The largest absolute Gasteiger partial charge is 0.341 e. The van der Waals surface area contributed by atoms with Gasteiger partial charge in [-0.2, -0.15) is 15.1 Å². The van der Waals surface area contributed by atoms with Gasteiger partial charge in [0.2, 0.25) is 5.95 Å².